The minimum Gasteiger partial charge on any atom is -0.390 e. The molecule has 1 aliphatic heterocycles. The Balaban J connectivity index is 0.000000741. The molecule has 1 aromatic heterocycles. The third kappa shape index (κ3) is 6.18. The van der Waals surface area contributed by atoms with Gasteiger partial charge in [0.05, 0.1) is 25.5 Å². The number of halogens is 1. The summed E-state index contributed by atoms with van der Waals surface area (Å²) in [4.78, 5) is 10.1. The van der Waals surface area contributed by atoms with E-state index in [0.717, 1.165) is 18.9 Å². The van der Waals surface area contributed by atoms with Crippen molar-refractivity contribution in [1.29, 1.82) is 0 Å². The predicted octanol–water partition coefficient (Wildman–Crippen LogP) is 2.51. The Morgan fingerprint density at radius 1 is 1.21 bits per heavy atom. The van der Waals surface area contributed by atoms with Gasteiger partial charge in [-0.2, -0.15) is 0 Å². The van der Waals surface area contributed by atoms with E-state index in [-0.39, 0.29) is 11.9 Å². The number of nitrogens with zero attached hydrogens (tertiary/aromatic N) is 3. The van der Waals surface area contributed by atoms with Crippen molar-refractivity contribution in [2.24, 2.45) is 0 Å². The highest BCUT2D eigenvalue weighted by molar-refractivity contribution is 6.28. The highest BCUT2D eigenvalue weighted by Crippen LogP contribution is 2.16. The summed E-state index contributed by atoms with van der Waals surface area (Å²) in [7, 11) is 0. The lowest BCUT2D eigenvalue weighted by Crippen LogP contribution is -2.36. The molecule has 0 atom stereocenters. The van der Waals surface area contributed by atoms with Crippen LogP contribution >= 0.6 is 11.6 Å². The Labute approximate surface area is 120 Å². The lowest BCUT2D eigenvalue weighted by Gasteiger charge is -2.27. The topological polar surface area (TPSA) is 58.5 Å². The molecule has 0 amide bonds. The van der Waals surface area contributed by atoms with E-state index in [1.54, 1.807) is 6.07 Å². The number of rotatable bonds is 2. The lowest BCUT2D eigenvalue weighted by molar-refractivity contribution is 0.122. The Hall–Kier alpha value is -0.910. The molecule has 0 bridgehead atoms. The van der Waals surface area contributed by atoms with E-state index in [1.807, 2.05) is 27.7 Å². The molecule has 0 aromatic carbocycles. The molecular weight excluding hydrogens is 266 g/mol. The number of aromatic nitrogens is 2. The van der Waals surface area contributed by atoms with Crippen molar-refractivity contribution < 1.29 is 9.84 Å². The fourth-order valence-electron chi connectivity index (χ4n) is 1.49. The summed E-state index contributed by atoms with van der Waals surface area (Å²) in [5.41, 5.74) is 0.538. The standard InChI is InChI=1S/C9H12ClN3O2.2C2H6/c10-9-11-7(6-14)5-8(12-9)13-1-3-15-4-2-13;2*1-2/h5,14H,1-4,6H2;2*1-2H3. The molecule has 110 valence electrons. The van der Waals surface area contributed by atoms with Crippen molar-refractivity contribution in [3.05, 3.63) is 17.0 Å². The SMILES string of the molecule is CC.CC.OCc1cc(N2CCOCC2)nc(Cl)n1. The minimum absolute atomic E-state index is 0.125. The van der Waals surface area contributed by atoms with Crippen LogP contribution in [0.1, 0.15) is 33.4 Å². The van der Waals surface area contributed by atoms with Gasteiger partial charge in [0.15, 0.2) is 0 Å². The van der Waals surface area contributed by atoms with Crippen molar-refractivity contribution in [3.63, 3.8) is 0 Å². The van der Waals surface area contributed by atoms with Gasteiger partial charge < -0.3 is 14.7 Å². The number of aliphatic hydroxyl groups excluding tert-OH is 1. The van der Waals surface area contributed by atoms with E-state index in [2.05, 4.69) is 14.9 Å². The second-order valence-corrected chi connectivity index (χ2v) is 3.58. The number of aliphatic hydroxyl groups is 1. The van der Waals surface area contributed by atoms with Crippen LogP contribution in [0.25, 0.3) is 0 Å². The quantitative estimate of drug-likeness (QED) is 0.848. The van der Waals surface area contributed by atoms with Gasteiger partial charge in [-0.25, -0.2) is 9.97 Å². The molecule has 1 aromatic rings. The summed E-state index contributed by atoms with van der Waals surface area (Å²) in [5, 5.41) is 9.16. The number of hydrogen-bond acceptors (Lipinski definition) is 5. The van der Waals surface area contributed by atoms with E-state index in [0.29, 0.717) is 18.9 Å². The zero-order chi connectivity index (χ0) is 14.7. The highest BCUT2D eigenvalue weighted by Gasteiger charge is 2.14. The number of anilines is 1. The summed E-state index contributed by atoms with van der Waals surface area (Å²) >= 11 is 5.76. The van der Waals surface area contributed by atoms with Crippen LogP contribution in [0.2, 0.25) is 5.28 Å². The third-order valence-electron chi connectivity index (χ3n) is 2.24. The van der Waals surface area contributed by atoms with Gasteiger partial charge in [-0.05, 0) is 11.6 Å². The average Bonchev–Trinajstić information content (AvgIpc) is 2.51. The predicted molar refractivity (Wildman–Crippen MR) is 78.7 cm³/mol. The minimum atomic E-state index is -0.125. The Bertz CT molecular complexity index is 345. The molecule has 6 heteroatoms. The van der Waals surface area contributed by atoms with E-state index in [9.17, 15) is 0 Å². The first-order valence-electron chi connectivity index (χ1n) is 6.76. The first-order chi connectivity index (χ1) is 9.29. The number of hydrogen-bond donors (Lipinski definition) is 1. The third-order valence-corrected chi connectivity index (χ3v) is 2.40. The molecule has 0 spiro atoms. The Morgan fingerprint density at radius 3 is 2.32 bits per heavy atom. The van der Waals surface area contributed by atoms with Crippen LogP contribution in [0.3, 0.4) is 0 Å². The first kappa shape index (κ1) is 18.1. The Kier molecular flexibility index (Phi) is 10.4. The van der Waals surface area contributed by atoms with Crippen molar-refractivity contribution >= 4 is 17.4 Å². The first-order valence-corrected chi connectivity index (χ1v) is 7.14. The second-order valence-electron chi connectivity index (χ2n) is 3.24. The van der Waals surface area contributed by atoms with E-state index in [4.69, 9.17) is 21.4 Å². The van der Waals surface area contributed by atoms with Gasteiger partial charge in [-0.15, -0.1) is 0 Å². The fourth-order valence-corrected chi connectivity index (χ4v) is 1.68. The second kappa shape index (κ2) is 11.0. The highest BCUT2D eigenvalue weighted by atomic mass is 35.5. The number of morpholine rings is 1. The zero-order valence-electron chi connectivity index (χ0n) is 12.2. The lowest BCUT2D eigenvalue weighted by atomic mass is 10.3. The molecule has 0 radical (unpaired) electrons. The van der Waals surface area contributed by atoms with E-state index in [1.165, 1.54) is 0 Å². The molecule has 2 heterocycles. The summed E-state index contributed by atoms with van der Waals surface area (Å²) in [5.74, 6) is 0.752. The van der Waals surface area contributed by atoms with Gasteiger partial charge in [0.1, 0.15) is 5.82 Å². The van der Waals surface area contributed by atoms with E-state index >= 15 is 0 Å². The van der Waals surface area contributed by atoms with Crippen LogP contribution in [0.15, 0.2) is 6.07 Å². The molecule has 0 aliphatic carbocycles. The van der Waals surface area contributed by atoms with Crippen molar-refractivity contribution in [1.82, 2.24) is 9.97 Å². The van der Waals surface area contributed by atoms with Gasteiger partial charge in [-0.1, -0.05) is 27.7 Å². The van der Waals surface area contributed by atoms with Gasteiger partial charge in [0.25, 0.3) is 0 Å². The Morgan fingerprint density at radius 2 is 1.79 bits per heavy atom. The van der Waals surface area contributed by atoms with Crippen molar-refractivity contribution in [2.45, 2.75) is 34.3 Å². The molecule has 1 N–H and O–H groups in total. The molecule has 5 nitrogen and oxygen atoms in total. The van der Waals surface area contributed by atoms with Crippen LogP contribution in [-0.4, -0.2) is 41.4 Å². The normalized spacial score (nSPS) is 13.9. The molecule has 1 fully saturated rings. The van der Waals surface area contributed by atoms with Gasteiger partial charge in [0.2, 0.25) is 5.28 Å². The summed E-state index contributed by atoms with van der Waals surface area (Å²) in [6.07, 6.45) is 0. The molecular formula is C13H24ClN3O2. The zero-order valence-corrected chi connectivity index (χ0v) is 12.9. The molecule has 1 saturated heterocycles. The van der Waals surface area contributed by atoms with Crippen LogP contribution in [0, 0.1) is 0 Å². The van der Waals surface area contributed by atoms with Crippen molar-refractivity contribution in [2.75, 3.05) is 31.2 Å². The molecule has 2 rings (SSSR count). The van der Waals surface area contributed by atoms with Gasteiger partial charge in [0, 0.05) is 19.2 Å². The van der Waals surface area contributed by atoms with Crippen LogP contribution in [0.4, 0.5) is 5.82 Å². The smallest absolute Gasteiger partial charge is 0.224 e. The van der Waals surface area contributed by atoms with Gasteiger partial charge in [-0.3, -0.25) is 0 Å². The maximum Gasteiger partial charge on any atom is 0.224 e. The van der Waals surface area contributed by atoms with Crippen LogP contribution < -0.4 is 4.90 Å². The maximum atomic E-state index is 8.99. The molecule has 0 saturated carbocycles. The number of ether oxygens (including phenoxy) is 1. The average molecular weight is 290 g/mol. The van der Waals surface area contributed by atoms with Crippen molar-refractivity contribution in [3.8, 4) is 0 Å². The largest absolute Gasteiger partial charge is 0.390 e. The molecule has 0 unspecified atom stereocenters. The summed E-state index contributed by atoms with van der Waals surface area (Å²) < 4.78 is 5.24. The summed E-state index contributed by atoms with van der Waals surface area (Å²) in [6.45, 7) is 10.8. The van der Waals surface area contributed by atoms with E-state index < -0.39 is 0 Å². The molecule has 1 aliphatic rings. The summed E-state index contributed by atoms with van der Waals surface area (Å²) in [6, 6.07) is 1.75. The van der Waals surface area contributed by atoms with Crippen LogP contribution in [0.5, 0.6) is 0 Å². The molecule has 19 heavy (non-hydrogen) atoms. The van der Waals surface area contributed by atoms with Gasteiger partial charge >= 0.3 is 0 Å². The fraction of sp³-hybridized carbons (Fsp3) is 0.692. The monoisotopic (exact) mass is 289 g/mol. The maximum absolute atomic E-state index is 8.99. The van der Waals surface area contributed by atoms with Crippen LogP contribution in [-0.2, 0) is 11.3 Å².